The van der Waals surface area contributed by atoms with Crippen LogP contribution in [0, 0.1) is 5.92 Å². The van der Waals surface area contributed by atoms with Crippen molar-refractivity contribution in [2.45, 2.75) is 19.9 Å². The maximum Gasteiger partial charge on any atom is 0.243 e. The molecule has 7 nitrogen and oxygen atoms in total. The van der Waals surface area contributed by atoms with Crippen LogP contribution >= 0.6 is 12.2 Å². The first kappa shape index (κ1) is 20.6. The zero-order chi connectivity index (χ0) is 20.6. The number of amides is 2. The van der Waals surface area contributed by atoms with E-state index in [1.807, 2.05) is 61.5 Å². The van der Waals surface area contributed by atoms with Crippen LogP contribution in [0.4, 0.5) is 5.69 Å². The first-order valence-corrected chi connectivity index (χ1v) is 9.89. The average Bonchev–Trinajstić information content (AvgIpc) is 3.13. The molecule has 3 N–H and O–H groups in total. The van der Waals surface area contributed by atoms with E-state index in [0.29, 0.717) is 36.2 Å². The highest BCUT2D eigenvalue weighted by atomic mass is 32.1. The molecule has 3 rings (SSSR count). The molecule has 1 aliphatic rings. The van der Waals surface area contributed by atoms with Crippen LogP contribution in [-0.4, -0.2) is 30.1 Å². The Hall–Kier alpha value is -3.13. The molecule has 2 aromatic rings. The van der Waals surface area contributed by atoms with E-state index in [4.69, 9.17) is 17.0 Å². The molecule has 0 unspecified atom stereocenters. The van der Waals surface area contributed by atoms with Crippen molar-refractivity contribution in [3.05, 3.63) is 60.2 Å². The van der Waals surface area contributed by atoms with Gasteiger partial charge in [0.05, 0.1) is 18.2 Å². The molecule has 152 valence electrons. The van der Waals surface area contributed by atoms with E-state index in [2.05, 4.69) is 16.2 Å². The molecule has 0 spiro atoms. The molecule has 2 amide bonds. The first-order chi connectivity index (χ1) is 14.1. The maximum absolute atomic E-state index is 12.5. The number of carbonyl (C=O) groups is 2. The lowest BCUT2D eigenvalue weighted by Gasteiger charge is -2.20. The van der Waals surface area contributed by atoms with Gasteiger partial charge in [0.1, 0.15) is 5.75 Å². The number of hydrogen-bond donors (Lipinski definition) is 3. The number of benzene rings is 2. The Bertz CT molecular complexity index is 875. The summed E-state index contributed by atoms with van der Waals surface area (Å²) in [7, 11) is 0. The van der Waals surface area contributed by atoms with E-state index < -0.39 is 5.92 Å². The molecule has 0 aliphatic carbocycles. The van der Waals surface area contributed by atoms with Crippen LogP contribution in [0.25, 0.3) is 0 Å². The average molecular weight is 413 g/mol. The number of carbonyl (C=O) groups excluding carboxylic acids is 2. The summed E-state index contributed by atoms with van der Waals surface area (Å²) in [4.78, 5) is 26.6. The van der Waals surface area contributed by atoms with Gasteiger partial charge in [-0.15, -0.1) is 0 Å². The SMILES string of the molecule is CCOc1ccccc1N1C[C@@H](C(=O)NNC(=S)NCc2ccccc2)CC1=O. The maximum atomic E-state index is 12.5. The van der Waals surface area contributed by atoms with Gasteiger partial charge in [-0.2, -0.15) is 0 Å². The van der Waals surface area contributed by atoms with Gasteiger partial charge in [0.15, 0.2) is 5.11 Å². The van der Waals surface area contributed by atoms with E-state index in [1.165, 1.54) is 0 Å². The molecule has 8 heteroatoms. The number of thiocarbonyl (C=S) groups is 1. The zero-order valence-corrected chi connectivity index (χ0v) is 17.0. The van der Waals surface area contributed by atoms with Gasteiger partial charge in [-0.1, -0.05) is 42.5 Å². The minimum absolute atomic E-state index is 0.109. The van der Waals surface area contributed by atoms with Gasteiger partial charge in [0.2, 0.25) is 11.8 Å². The number of hydrazine groups is 1. The van der Waals surface area contributed by atoms with Gasteiger partial charge in [0.25, 0.3) is 0 Å². The highest BCUT2D eigenvalue weighted by Gasteiger charge is 2.36. The Morgan fingerprint density at radius 2 is 1.86 bits per heavy atom. The smallest absolute Gasteiger partial charge is 0.243 e. The number of ether oxygens (including phenoxy) is 1. The summed E-state index contributed by atoms with van der Waals surface area (Å²) in [6.07, 6.45) is 0.137. The number of para-hydroxylation sites is 2. The van der Waals surface area contributed by atoms with E-state index in [0.717, 1.165) is 5.56 Å². The number of anilines is 1. The van der Waals surface area contributed by atoms with Crippen molar-refractivity contribution < 1.29 is 14.3 Å². The van der Waals surface area contributed by atoms with E-state index in [1.54, 1.807) is 4.90 Å². The fourth-order valence-corrected chi connectivity index (χ4v) is 3.24. The Kier molecular flexibility index (Phi) is 7.02. The normalized spacial score (nSPS) is 15.7. The molecule has 0 aromatic heterocycles. The Morgan fingerprint density at radius 3 is 2.62 bits per heavy atom. The summed E-state index contributed by atoms with van der Waals surface area (Å²) in [6.45, 7) is 3.23. The van der Waals surface area contributed by atoms with Crippen molar-refractivity contribution in [3.63, 3.8) is 0 Å². The van der Waals surface area contributed by atoms with Crippen LogP contribution in [0.5, 0.6) is 5.75 Å². The van der Waals surface area contributed by atoms with Crippen molar-refractivity contribution in [2.24, 2.45) is 5.92 Å². The van der Waals surface area contributed by atoms with Crippen molar-refractivity contribution in [2.75, 3.05) is 18.1 Å². The second-order valence-corrected chi connectivity index (χ2v) is 7.00. The van der Waals surface area contributed by atoms with Crippen LogP contribution in [0.1, 0.15) is 18.9 Å². The van der Waals surface area contributed by atoms with Crippen molar-refractivity contribution >= 4 is 34.8 Å². The summed E-state index contributed by atoms with van der Waals surface area (Å²) >= 11 is 5.18. The van der Waals surface area contributed by atoms with Crippen LogP contribution in [0.15, 0.2) is 54.6 Å². The third-order valence-electron chi connectivity index (χ3n) is 4.55. The summed E-state index contributed by atoms with van der Waals surface area (Å²) in [5, 5.41) is 3.33. The molecular weight excluding hydrogens is 388 g/mol. The van der Waals surface area contributed by atoms with Crippen molar-refractivity contribution in [1.82, 2.24) is 16.2 Å². The van der Waals surface area contributed by atoms with Gasteiger partial charge in [0, 0.05) is 19.5 Å². The minimum Gasteiger partial charge on any atom is -0.492 e. The number of rotatable bonds is 6. The Morgan fingerprint density at radius 1 is 1.14 bits per heavy atom. The highest BCUT2D eigenvalue weighted by Crippen LogP contribution is 2.33. The number of hydrogen-bond acceptors (Lipinski definition) is 4. The van der Waals surface area contributed by atoms with Crippen LogP contribution in [-0.2, 0) is 16.1 Å². The van der Waals surface area contributed by atoms with Crippen molar-refractivity contribution in [1.29, 1.82) is 0 Å². The molecule has 1 fully saturated rings. The number of nitrogens with one attached hydrogen (secondary N) is 3. The lowest BCUT2D eigenvalue weighted by molar-refractivity contribution is -0.126. The molecule has 1 heterocycles. The fraction of sp³-hybridized carbons (Fsp3) is 0.286. The third-order valence-corrected chi connectivity index (χ3v) is 4.79. The van der Waals surface area contributed by atoms with Crippen molar-refractivity contribution in [3.8, 4) is 5.75 Å². The second-order valence-electron chi connectivity index (χ2n) is 6.59. The summed E-state index contributed by atoms with van der Waals surface area (Å²) in [5.41, 5.74) is 7.05. The molecule has 1 atom stereocenters. The van der Waals surface area contributed by atoms with E-state index in [-0.39, 0.29) is 18.2 Å². The van der Waals surface area contributed by atoms with Crippen LogP contribution in [0.2, 0.25) is 0 Å². The van der Waals surface area contributed by atoms with Crippen LogP contribution < -0.4 is 25.8 Å². The van der Waals surface area contributed by atoms with E-state index >= 15 is 0 Å². The van der Waals surface area contributed by atoms with E-state index in [9.17, 15) is 9.59 Å². The lowest BCUT2D eigenvalue weighted by Crippen LogP contribution is -2.48. The van der Waals surface area contributed by atoms with Gasteiger partial charge in [-0.05, 0) is 36.8 Å². The Balaban J connectivity index is 1.51. The van der Waals surface area contributed by atoms with Gasteiger partial charge in [-0.25, -0.2) is 0 Å². The van der Waals surface area contributed by atoms with Gasteiger partial charge < -0.3 is 15.0 Å². The summed E-state index contributed by atoms with van der Waals surface area (Å²) in [6, 6.07) is 17.1. The fourth-order valence-electron chi connectivity index (χ4n) is 3.12. The molecule has 1 aliphatic heterocycles. The topological polar surface area (TPSA) is 82.7 Å². The van der Waals surface area contributed by atoms with Crippen LogP contribution in [0.3, 0.4) is 0 Å². The second kappa shape index (κ2) is 9.88. The zero-order valence-electron chi connectivity index (χ0n) is 16.2. The Labute approximate surface area is 175 Å². The van der Waals surface area contributed by atoms with Gasteiger partial charge >= 0.3 is 0 Å². The summed E-state index contributed by atoms with van der Waals surface area (Å²) in [5.74, 6) is -0.226. The molecule has 0 radical (unpaired) electrons. The molecular formula is C21H24N4O3S. The first-order valence-electron chi connectivity index (χ1n) is 9.48. The molecule has 29 heavy (non-hydrogen) atoms. The summed E-state index contributed by atoms with van der Waals surface area (Å²) < 4.78 is 5.60. The largest absolute Gasteiger partial charge is 0.492 e. The lowest BCUT2D eigenvalue weighted by atomic mass is 10.1. The quantitative estimate of drug-likeness (QED) is 0.498. The molecule has 1 saturated heterocycles. The predicted octanol–water partition coefficient (Wildman–Crippen LogP) is 2.13. The number of nitrogens with zero attached hydrogens (tertiary/aromatic N) is 1. The highest BCUT2D eigenvalue weighted by molar-refractivity contribution is 7.80. The monoisotopic (exact) mass is 412 g/mol. The molecule has 0 saturated carbocycles. The molecule has 0 bridgehead atoms. The third kappa shape index (κ3) is 5.45. The van der Waals surface area contributed by atoms with Gasteiger partial charge in [-0.3, -0.25) is 20.4 Å². The predicted molar refractivity (Wildman–Crippen MR) is 115 cm³/mol. The minimum atomic E-state index is -0.471. The molecule has 2 aromatic carbocycles. The standard InChI is InChI=1S/C21H24N4O3S/c1-2-28-18-11-7-6-10-17(18)25-14-16(12-19(25)26)20(27)23-24-21(29)22-13-15-8-4-3-5-9-15/h3-11,16H,2,12-14H2,1H3,(H,23,27)(H2,22,24,29)/t16-/m0/s1.